The highest BCUT2D eigenvalue weighted by molar-refractivity contribution is 5.71. The van der Waals surface area contributed by atoms with Crippen molar-refractivity contribution in [3.63, 3.8) is 0 Å². The van der Waals surface area contributed by atoms with E-state index in [1.807, 2.05) is 0 Å². The van der Waals surface area contributed by atoms with E-state index in [1.165, 1.54) is 0 Å². The molecule has 1 aromatic rings. The van der Waals surface area contributed by atoms with Crippen molar-refractivity contribution in [3.8, 4) is 5.75 Å². The van der Waals surface area contributed by atoms with E-state index < -0.39 is 0 Å². The Balaban J connectivity index is 2.39. The Morgan fingerprint density at radius 3 is 2.44 bits per heavy atom. The number of carbonyl (C=O) groups is 1. The van der Waals surface area contributed by atoms with E-state index in [4.69, 9.17) is 14.6 Å². The molecule has 16 heavy (non-hydrogen) atoms. The van der Waals surface area contributed by atoms with Crippen LogP contribution in [-0.4, -0.2) is 23.8 Å². The van der Waals surface area contributed by atoms with E-state index in [-0.39, 0.29) is 25.3 Å². The lowest BCUT2D eigenvalue weighted by atomic mass is 10.2. The van der Waals surface area contributed by atoms with E-state index in [9.17, 15) is 4.79 Å². The fourth-order valence-electron chi connectivity index (χ4n) is 1.13. The molecule has 1 aromatic carbocycles. The molecule has 0 heterocycles. The van der Waals surface area contributed by atoms with Crippen molar-refractivity contribution < 1.29 is 19.4 Å². The number of hydrogen-bond donors (Lipinski definition) is 1. The van der Waals surface area contributed by atoms with Crippen LogP contribution in [-0.2, 0) is 16.1 Å². The normalized spacial score (nSPS) is 10.2. The van der Waals surface area contributed by atoms with Gasteiger partial charge in [-0.05, 0) is 31.5 Å². The first-order chi connectivity index (χ1) is 7.61. The first kappa shape index (κ1) is 12.5. The molecule has 88 valence electrons. The van der Waals surface area contributed by atoms with Gasteiger partial charge in [0.25, 0.3) is 0 Å². The van der Waals surface area contributed by atoms with Crippen molar-refractivity contribution in [1.29, 1.82) is 0 Å². The van der Waals surface area contributed by atoms with Crippen molar-refractivity contribution in [2.24, 2.45) is 0 Å². The summed E-state index contributed by atoms with van der Waals surface area (Å²) in [5.41, 5.74) is 0.803. The molecule has 0 bridgehead atoms. The second-order valence-corrected chi connectivity index (χ2v) is 3.63. The number of aliphatic hydroxyl groups is 1. The van der Waals surface area contributed by atoms with Crippen LogP contribution < -0.4 is 4.74 Å². The summed E-state index contributed by atoms with van der Waals surface area (Å²) >= 11 is 0. The van der Waals surface area contributed by atoms with Crippen LogP contribution in [0.5, 0.6) is 5.75 Å². The monoisotopic (exact) mass is 224 g/mol. The number of esters is 1. The molecular formula is C12H16O4. The van der Waals surface area contributed by atoms with Gasteiger partial charge in [-0.2, -0.15) is 0 Å². The third-order valence-corrected chi connectivity index (χ3v) is 1.83. The molecule has 1 N–H and O–H groups in total. The van der Waals surface area contributed by atoms with Crippen LogP contribution in [0, 0.1) is 0 Å². The summed E-state index contributed by atoms with van der Waals surface area (Å²) in [6, 6.07) is 6.88. The topological polar surface area (TPSA) is 55.8 Å². The van der Waals surface area contributed by atoms with Crippen LogP contribution in [0.25, 0.3) is 0 Å². The maximum atomic E-state index is 11.2. The van der Waals surface area contributed by atoms with Gasteiger partial charge in [-0.15, -0.1) is 0 Å². The second kappa shape index (κ2) is 6.12. The minimum absolute atomic E-state index is 0.00429. The zero-order chi connectivity index (χ0) is 12.0. The van der Waals surface area contributed by atoms with Gasteiger partial charge in [0.05, 0.1) is 12.7 Å². The van der Waals surface area contributed by atoms with Gasteiger partial charge in [-0.1, -0.05) is 12.1 Å². The first-order valence-electron chi connectivity index (χ1n) is 5.14. The molecule has 0 spiro atoms. The molecule has 0 aliphatic carbocycles. The zero-order valence-electron chi connectivity index (χ0n) is 9.47. The summed E-state index contributed by atoms with van der Waals surface area (Å²) in [6.07, 6.45) is -0.132. The maximum absolute atomic E-state index is 11.2. The van der Waals surface area contributed by atoms with E-state index in [1.54, 1.807) is 38.1 Å². The Bertz CT molecular complexity index is 329. The summed E-state index contributed by atoms with van der Waals surface area (Å²) in [4.78, 5) is 11.2. The SMILES string of the molecule is CC(C)OC(=O)COc1ccc(CO)cc1. The lowest BCUT2D eigenvalue weighted by molar-refractivity contribution is -0.149. The van der Waals surface area contributed by atoms with Gasteiger partial charge in [-0.25, -0.2) is 4.79 Å². The summed E-state index contributed by atoms with van der Waals surface area (Å²) in [7, 11) is 0. The Kier molecular flexibility index (Phi) is 4.79. The fraction of sp³-hybridized carbons (Fsp3) is 0.417. The summed E-state index contributed by atoms with van der Waals surface area (Å²) < 4.78 is 10.1. The van der Waals surface area contributed by atoms with Crippen molar-refractivity contribution >= 4 is 5.97 Å². The zero-order valence-corrected chi connectivity index (χ0v) is 9.47. The molecule has 0 saturated heterocycles. The maximum Gasteiger partial charge on any atom is 0.344 e. The Morgan fingerprint density at radius 2 is 1.94 bits per heavy atom. The van der Waals surface area contributed by atoms with Gasteiger partial charge < -0.3 is 14.6 Å². The van der Waals surface area contributed by atoms with Crippen LogP contribution in [0.4, 0.5) is 0 Å². The van der Waals surface area contributed by atoms with E-state index in [0.29, 0.717) is 5.75 Å². The lowest BCUT2D eigenvalue weighted by Gasteiger charge is -2.09. The molecule has 0 unspecified atom stereocenters. The number of rotatable bonds is 5. The average molecular weight is 224 g/mol. The summed E-state index contributed by atoms with van der Waals surface area (Å²) in [5.74, 6) is 0.194. The van der Waals surface area contributed by atoms with Crippen LogP contribution >= 0.6 is 0 Å². The van der Waals surface area contributed by atoms with Gasteiger partial charge in [0.2, 0.25) is 0 Å². The van der Waals surface area contributed by atoms with Crippen LogP contribution in [0.3, 0.4) is 0 Å². The van der Waals surface area contributed by atoms with Crippen LogP contribution in [0.15, 0.2) is 24.3 Å². The molecule has 0 aliphatic heterocycles. The molecule has 1 rings (SSSR count). The lowest BCUT2D eigenvalue weighted by Crippen LogP contribution is -2.18. The largest absolute Gasteiger partial charge is 0.482 e. The van der Waals surface area contributed by atoms with Gasteiger partial charge in [0.1, 0.15) is 5.75 Å². The molecule has 0 amide bonds. The number of hydrogen-bond acceptors (Lipinski definition) is 4. The molecule has 0 radical (unpaired) electrons. The van der Waals surface area contributed by atoms with E-state index >= 15 is 0 Å². The predicted molar refractivity (Wildman–Crippen MR) is 59.1 cm³/mol. The van der Waals surface area contributed by atoms with Crippen molar-refractivity contribution in [2.75, 3.05) is 6.61 Å². The van der Waals surface area contributed by atoms with Crippen LogP contribution in [0.2, 0.25) is 0 Å². The highest BCUT2D eigenvalue weighted by Crippen LogP contribution is 2.12. The average Bonchev–Trinajstić information content (AvgIpc) is 2.26. The number of carbonyl (C=O) groups excluding carboxylic acids is 1. The Hall–Kier alpha value is -1.55. The molecule has 4 nitrogen and oxygen atoms in total. The highest BCUT2D eigenvalue weighted by Gasteiger charge is 2.06. The predicted octanol–water partition coefficient (Wildman–Crippen LogP) is 1.51. The van der Waals surface area contributed by atoms with Gasteiger partial charge in [-0.3, -0.25) is 0 Å². The number of aliphatic hydroxyl groups excluding tert-OH is 1. The smallest absolute Gasteiger partial charge is 0.344 e. The highest BCUT2D eigenvalue weighted by atomic mass is 16.6. The number of ether oxygens (including phenoxy) is 2. The minimum Gasteiger partial charge on any atom is -0.482 e. The molecule has 0 atom stereocenters. The minimum atomic E-state index is -0.388. The second-order valence-electron chi connectivity index (χ2n) is 3.63. The summed E-state index contributed by atoms with van der Waals surface area (Å²) in [5, 5.41) is 8.83. The molecule has 0 fully saturated rings. The van der Waals surface area contributed by atoms with Crippen molar-refractivity contribution in [2.45, 2.75) is 26.6 Å². The fourth-order valence-corrected chi connectivity index (χ4v) is 1.13. The third-order valence-electron chi connectivity index (χ3n) is 1.83. The Labute approximate surface area is 94.8 Å². The molecule has 0 aromatic heterocycles. The Morgan fingerprint density at radius 1 is 1.31 bits per heavy atom. The third kappa shape index (κ3) is 4.31. The number of benzene rings is 1. The van der Waals surface area contributed by atoms with Crippen molar-refractivity contribution in [1.82, 2.24) is 0 Å². The standard InChI is InChI=1S/C12H16O4/c1-9(2)16-12(14)8-15-11-5-3-10(7-13)4-6-11/h3-6,9,13H,7-8H2,1-2H3. The van der Waals surface area contributed by atoms with Gasteiger partial charge >= 0.3 is 5.97 Å². The quantitative estimate of drug-likeness (QED) is 0.770. The van der Waals surface area contributed by atoms with E-state index in [0.717, 1.165) is 5.56 Å². The molecule has 0 aliphatic rings. The summed E-state index contributed by atoms with van der Waals surface area (Å²) in [6.45, 7) is 3.47. The van der Waals surface area contributed by atoms with E-state index in [2.05, 4.69) is 0 Å². The van der Waals surface area contributed by atoms with Gasteiger partial charge in [0, 0.05) is 0 Å². The van der Waals surface area contributed by atoms with Crippen LogP contribution in [0.1, 0.15) is 19.4 Å². The first-order valence-corrected chi connectivity index (χ1v) is 5.14. The molecule has 0 saturated carbocycles. The molecule has 4 heteroatoms. The van der Waals surface area contributed by atoms with Gasteiger partial charge in [0.15, 0.2) is 6.61 Å². The molecular weight excluding hydrogens is 208 g/mol. The van der Waals surface area contributed by atoms with Crippen molar-refractivity contribution in [3.05, 3.63) is 29.8 Å².